The smallest absolute Gasteiger partial charge is 0.171 e. The zero-order chi connectivity index (χ0) is 12.8. The maximum atomic E-state index is 8.84. The minimum Gasteiger partial charge on any atom is -1.00 e. The van der Waals surface area contributed by atoms with Gasteiger partial charge in [-0.05, 0) is 11.1 Å². The van der Waals surface area contributed by atoms with Crippen LogP contribution in [0, 0.1) is 0 Å². The number of aromatic nitrogens is 2. The molecule has 2 heterocycles. The third-order valence-corrected chi connectivity index (χ3v) is 2.83. The Bertz CT molecular complexity index is 442. The molecule has 0 fully saturated rings. The highest BCUT2D eigenvalue weighted by molar-refractivity contribution is 5.60. The molecule has 0 spiro atoms. The summed E-state index contributed by atoms with van der Waals surface area (Å²) in [5.41, 5.74) is 2.28. The largest absolute Gasteiger partial charge is 1.00 e. The summed E-state index contributed by atoms with van der Waals surface area (Å²) in [6.45, 7) is 1.53. The van der Waals surface area contributed by atoms with Crippen LogP contribution < -0.4 is 33.9 Å². The fourth-order valence-electron chi connectivity index (χ4n) is 1.83. The Hall–Kier alpha value is -1.20. The highest BCUT2D eigenvalue weighted by atomic mass is 35.5. The van der Waals surface area contributed by atoms with Gasteiger partial charge in [0.15, 0.2) is 37.9 Å². The van der Waals surface area contributed by atoms with Crippen molar-refractivity contribution in [3.8, 4) is 11.1 Å². The second-order valence-corrected chi connectivity index (χ2v) is 4.10. The Morgan fingerprint density at radius 3 is 1.20 bits per heavy atom. The molecule has 0 aliphatic heterocycles. The van der Waals surface area contributed by atoms with Gasteiger partial charge in [0.2, 0.25) is 0 Å². The van der Waals surface area contributed by atoms with E-state index in [9.17, 15) is 0 Å². The van der Waals surface area contributed by atoms with E-state index < -0.39 is 0 Å². The first-order valence-electron chi connectivity index (χ1n) is 6.04. The molecular weight excluding hydrogens is 299 g/mol. The van der Waals surface area contributed by atoms with Crippen LogP contribution in [0.3, 0.4) is 0 Å². The minimum atomic E-state index is 0. The fourth-order valence-corrected chi connectivity index (χ4v) is 1.83. The first-order chi connectivity index (χ1) is 8.83. The van der Waals surface area contributed by atoms with E-state index in [1.165, 1.54) is 0 Å². The average molecular weight is 317 g/mol. The topological polar surface area (TPSA) is 48.2 Å². The molecule has 0 aromatic carbocycles. The van der Waals surface area contributed by atoms with Crippen molar-refractivity contribution >= 4 is 0 Å². The third-order valence-electron chi connectivity index (χ3n) is 2.83. The van der Waals surface area contributed by atoms with Crippen LogP contribution in [0.15, 0.2) is 49.1 Å². The maximum Gasteiger partial charge on any atom is 0.171 e. The van der Waals surface area contributed by atoms with E-state index >= 15 is 0 Å². The fraction of sp³-hybridized carbons (Fsp3) is 0.286. The predicted molar refractivity (Wildman–Crippen MR) is 66.4 cm³/mol. The van der Waals surface area contributed by atoms with Gasteiger partial charge in [0.05, 0.1) is 0 Å². The molecule has 2 aromatic rings. The number of hydrogen-bond acceptors (Lipinski definition) is 2. The van der Waals surface area contributed by atoms with E-state index in [4.69, 9.17) is 10.2 Å². The van der Waals surface area contributed by atoms with Gasteiger partial charge in [-0.3, -0.25) is 0 Å². The van der Waals surface area contributed by atoms with Crippen molar-refractivity contribution in [2.24, 2.45) is 0 Å². The first-order valence-corrected chi connectivity index (χ1v) is 6.04. The van der Waals surface area contributed by atoms with Gasteiger partial charge in [0.1, 0.15) is 13.2 Å². The summed E-state index contributed by atoms with van der Waals surface area (Å²) >= 11 is 0. The molecule has 4 nitrogen and oxygen atoms in total. The zero-order valence-electron chi connectivity index (χ0n) is 11.0. The summed E-state index contributed by atoms with van der Waals surface area (Å²) in [5.74, 6) is 0. The zero-order valence-corrected chi connectivity index (χ0v) is 12.5. The molecule has 0 atom stereocenters. The molecular formula is C14H18Cl2N2O2. The van der Waals surface area contributed by atoms with Crippen molar-refractivity contribution in [3.63, 3.8) is 0 Å². The van der Waals surface area contributed by atoms with Crippen molar-refractivity contribution in [2.75, 3.05) is 13.2 Å². The van der Waals surface area contributed by atoms with Crippen LogP contribution in [-0.4, -0.2) is 23.4 Å². The van der Waals surface area contributed by atoms with E-state index in [-0.39, 0.29) is 38.0 Å². The SMILES string of the molecule is OCC[n+]1ccc(-c2cc[n+](CCO)cc2)cc1.[Cl-].[Cl-]. The van der Waals surface area contributed by atoms with Gasteiger partial charge in [-0.2, -0.15) is 0 Å². The van der Waals surface area contributed by atoms with Crippen molar-refractivity contribution in [1.82, 2.24) is 0 Å². The molecule has 20 heavy (non-hydrogen) atoms. The lowest BCUT2D eigenvalue weighted by Crippen LogP contribution is -3.00. The summed E-state index contributed by atoms with van der Waals surface area (Å²) in [5, 5.41) is 17.7. The van der Waals surface area contributed by atoms with E-state index in [1.807, 2.05) is 58.2 Å². The number of aliphatic hydroxyl groups excluding tert-OH is 2. The molecule has 0 aliphatic carbocycles. The van der Waals surface area contributed by atoms with Crippen molar-refractivity contribution in [3.05, 3.63) is 49.1 Å². The summed E-state index contributed by atoms with van der Waals surface area (Å²) in [4.78, 5) is 0. The molecule has 0 bridgehead atoms. The normalized spacial score (nSPS) is 9.50. The van der Waals surface area contributed by atoms with Crippen LogP contribution >= 0.6 is 0 Å². The van der Waals surface area contributed by atoms with Crippen LogP contribution in [0.2, 0.25) is 0 Å². The van der Waals surface area contributed by atoms with Gasteiger partial charge in [-0.25, -0.2) is 9.13 Å². The molecule has 0 saturated carbocycles. The standard InChI is InChI=1S/C14H18N2O2.2ClH/c17-11-9-15-5-1-13(2-6-15)14-3-7-16(8-4-14)10-12-18;;/h1-8,17-18H,9-12H2;2*1H/q+2;;/p-2. The quantitative estimate of drug-likeness (QED) is 0.540. The van der Waals surface area contributed by atoms with Crippen LogP contribution in [0.25, 0.3) is 11.1 Å². The Morgan fingerprint density at radius 1 is 0.650 bits per heavy atom. The molecule has 2 rings (SSSR count). The van der Waals surface area contributed by atoms with Crippen LogP contribution in [0.1, 0.15) is 0 Å². The number of halogens is 2. The summed E-state index contributed by atoms with van der Waals surface area (Å²) in [7, 11) is 0. The Labute approximate surface area is 131 Å². The van der Waals surface area contributed by atoms with Gasteiger partial charge in [-0.1, -0.05) is 0 Å². The van der Waals surface area contributed by atoms with Crippen molar-refractivity contribution in [2.45, 2.75) is 13.1 Å². The predicted octanol–water partition coefficient (Wildman–Crippen LogP) is -6.08. The maximum absolute atomic E-state index is 8.84. The molecule has 2 aromatic heterocycles. The summed E-state index contributed by atoms with van der Waals surface area (Å²) in [6.07, 6.45) is 7.83. The number of hydrogen-bond donors (Lipinski definition) is 2. The lowest BCUT2D eigenvalue weighted by Gasteiger charge is -2.00. The molecule has 6 heteroatoms. The molecule has 0 saturated heterocycles. The van der Waals surface area contributed by atoms with E-state index in [0.717, 1.165) is 11.1 Å². The second kappa shape index (κ2) is 9.66. The molecule has 0 unspecified atom stereocenters. The third kappa shape index (κ3) is 5.06. The Balaban J connectivity index is 0.00000180. The van der Waals surface area contributed by atoms with Crippen molar-refractivity contribution in [1.29, 1.82) is 0 Å². The first kappa shape index (κ1) is 18.8. The number of aliphatic hydroxyl groups is 2. The summed E-state index contributed by atoms with van der Waals surface area (Å²) < 4.78 is 3.89. The highest BCUT2D eigenvalue weighted by Gasteiger charge is 2.04. The molecule has 2 N–H and O–H groups in total. The van der Waals surface area contributed by atoms with E-state index in [1.54, 1.807) is 0 Å². The van der Waals surface area contributed by atoms with Crippen LogP contribution in [0.4, 0.5) is 0 Å². The van der Waals surface area contributed by atoms with Crippen molar-refractivity contribution < 1.29 is 44.2 Å². The second-order valence-electron chi connectivity index (χ2n) is 4.10. The van der Waals surface area contributed by atoms with E-state index in [0.29, 0.717) is 13.1 Å². The van der Waals surface area contributed by atoms with Gasteiger partial charge in [0, 0.05) is 24.3 Å². The van der Waals surface area contributed by atoms with Crippen LogP contribution in [0.5, 0.6) is 0 Å². The lowest BCUT2D eigenvalue weighted by molar-refractivity contribution is -0.698. The molecule has 0 radical (unpaired) electrons. The Morgan fingerprint density at radius 2 is 0.950 bits per heavy atom. The van der Waals surface area contributed by atoms with Gasteiger partial charge < -0.3 is 35.0 Å². The van der Waals surface area contributed by atoms with Crippen LogP contribution in [-0.2, 0) is 13.1 Å². The monoisotopic (exact) mass is 316 g/mol. The number of rotatable bonds is 5. The van der Waals surface area contributed by atoms with E-state index in [2.05, 4.69) is 0 Å². The molecule has 110 valence electrons. The summed E-state index contributed by atoms with van der Waals surface area (Å²) in [6, 6.07) is 8.12. The Kier molecular flexibility index (Phi) is 9.08. The van der Waals surface area contributed by atoms with Gasteiger partial charge in [0.25, 0.3) is 0 Å². The lowest BCUT2D eigenvalue weighted by atomic mass is 10.1. The highest BCUT2D eigenvalue weighted by Crippen LogP contribution is 2.15. The average Bonchev–Trinajstić information content (AvgIpc) is 2.41. The number of nitrogens with zero attached hydrogens (tertiary/aromatic N) is 2. The van der Waals surface area contributed by atoms with Gasteiger partial charge >= 0.3 is 0 Å². The molecule has 0 aliphatic rings. The molecule has 0 amide bonds. The minimum absolute atomic E-state index is 0. The number of pyridine rings is 2. The van der Waals surface area contributed by atoms with Gasteiger partial charge in [-0.15, -0.1) is 0 Å².